The molecule has 1 aromatic rings. The van der Waals surface area contributed by atoms with E-state index in [0.717, 1.165) is 16.9 Å². The van der Waals surface area contributed by atoms with Crippen LogP contribution in [-0.2, 0) is 0 Å². The van der Waals surface area contributed by atoms with Gasteiger partial charge < -0.3 is 4.74 Å². The van der Waals surface area contributed by atoms with Crippen LogP contribution < -0.4 is 4.74 Å². The number of hydrogen-bond acceptors (Lipinski definition) is 1. The Morgan fingerprint density at radius 3 is 2.73 bits per heavy atom. The molecule has 1 heteroatoms. The third-order valence-corrected chi connectivity index (χ3v) is 1.60. The second-order valence-electron chi connectivity index (χ2n) is 2.33. The quantitative estimate of drug-likeness (QED) is 0.550. The van der Waals surface area contributed by atoms with Gasteiger partial charge in [0.25, 0.3) is 0 Å². The van der Waals surface area contributed by atoms with Gasteiger partial charge in [0, 0.05) is 5.56 Å². The Labute approximate surface area is 67.0 Å². The summed E-state index contributed by atoms with van der Waals surface area (Å²) in [6, 6.07) is 5.71. The molecule has 0 fully saturated rings. The summed E-state index contributed by atoms with van der Waals surface area (Å²) in [5.41, 5.74) is 2.00. The number of benzene rings is 1. The first-order chi connectivity index (χ1) is 5.27. The number of aryl methyl sites for hydroxylation is 1. The molecule has 0 saturated carbocycles. The van der Waals surface area contributed by atoms with Crippen molar-refractivity contribution in [3.8, 4) is 18.1 Å². The van der Waals surface area contributed by atoms with E-state index < -0.39 is 0 Å². The molecule has 1 nitrogen and oxygen atoms in total. The third kappa shape index (κ3) is 1.53. The molecule has 0 atom stereocenters. The highest BCUT2D eigenvalue weighted by Gasteiger charge is 1.95. The Kier molecular flexibility index (Phi) is 2.18. The molecule has 0 N–H and O–H groups in total. The lowest BCUT2D eigenvalue weighted by Crippen LogP contribution is -1.86. The molecule has 0 bridgehead atoms. The highest BCUT2D eigenvalue weighted by Crippen LogP contribution is 2.15. The van der Waals surface area contributed by atoms with Crippen LogP contribution in [0.2, 0.25) is 0 Å². The van der Waals surface area contributed by atoms with Gasteiger partial charge in [0.15, 0.2) is 0 Å². The fraction of sp³-hybridized carbons (Fsp3) is 0.200. The Morgan fingerprint density at radius 1 is 1.45 bits per heavy atom. The van der Waals surface area contributed by atoms with Crippen molar-refractivity contribution in [1.29, 1.82) is 0 Å². The van der Waals surface area contributed by atoms with Gasteiger partial charge in [-0.05, 0) is 24.6 Å². The lowest BCUT2D eigenvalue weighted by atomic mass is 10.1. The van der Waals surface area contributed by atoms with Crippen LogP contribution >= 0.6 is 0 Å². The number of hydrogen-bond donors (Lipinski definition) is 0. The fourth-order valence-electron chi connectivity index (χ4n) is 0.884. The van der Waals surface area contributed by atoms with E-state index in [1.165, 1.54) is 0 Å². The van der Waals surface area contributed by atoms with E-state index in [4.69, 9.17) is 11.2 Å². The van der Waals surface area contributed by atoms with Crippen LogP contribution in [0.1, 0.15) is 11.1 Å². The maximum atomic E-state index is 5.27. The molecule has 0 heterocycles. The first-order valence-corrected chi connectivity index (χ1v) is 3.39. The monoisotopic (exact) mass is 146 g/mol. The van der Waals surface area contributed by atoms with Crippen LogP contribution in [-0.4, -0.2) is 7.11 Å². The summed E-state index contributed by atoms with van der Waals surface area (Å²) < 4.78 is 5.02. The zero-order chi connectivity index (χ0) is 8.27. The van der Waals surface area contributed by atoms with Crippen molar-refractivity contribution in [2.45, 2.75) is 6.92 Å². The van der Waals surface area contributed by atoms with Crippen LogP contribution in [0.15, 0.2) is 18.2 Å². The smallest absolute Gasteiger partial charge is 0.120 e. The minimum atomic E-state index is 0.809. The largest absolute Gasteiger partial charge is 0.497 e. The summed E-state index contributed by atoms with van der Waals surface area (Å²) >= 11 is 0. The number of methoxy groups -OCH3 is 1. The maximum absolute atomic E-state index is 5.27. The van der Waals surface area contributed by atoms with Crippen molar-refractivity contribution in [3.63, 3.8) is 0 Å². The Balaban J connectivity index is 3.15. The van der Waals surface area contributed by atoms with Crippen molar-refractivity contribution in [2.75, 3.05) is 7.11 Å². The molecule has 0 saturated heterocycles. The van der Waals surface area contributed by atoms with Gasteiger partial charge in [-0.3, -0.25) is 0 Å². The van der Waals surface area contributed by atoms with Gasteiger partial charge in [0.2, 0.25) is 0 Å². The van der Waals surface area contributed by atoms with Gasteiger partial charge in [-0.1, -0.05) is 12.0 Å². The molecule has 11 heavy (non-hydrogen) atoms. The molecular formula is C10H10O. The molecule has 56 valence electrons. The molecule has 0 aromatic heterocycles. The van der Waals surface area contributed by atoms with Crippen LogP contribution in [0.4, 0.5) is 0 Å². The van der Waals surface area contributed by atoms with Gasteiger partial charge >= 0.3 is 0 Å². The van der Waals surface area contributed by atoms with Crippen LogP contribution in [0, 0.1) is 19.3 Å². The molecular weight excluding hydrogens is 136 g/mol. The van der Waals surface area contributed by atoms with Crippen molar-refractivity contribution < 1.29 is 4.74 Å². The van der Waals surface area contributed by atoms with Gasteiger partial charge in [-0.2, -0.15) is 0 Å². The minimum Gasteiger partial charge on any atom is -0.497 e. The van der Waals surface area contributed by atoms with Gasteiger partial charge in [0.05, 0.1) is 7.11 Å². The number of terminal acetylenes is 1. The molecule has 1 rings (SSSR count). The van der Waals surface area contributed by atoms with E-state index in [0.29, 0.717) is 0 Å². The first-order valence-electron chi connectivity index (χ1n) is 3.39. The Morgan fingerprint density at radius 2 is 2.18 bits per heavy atom. The molecule has 1 aromatic carbocycles. The predicted octanol–water partition coefficient (Wildman–Crippen LogP) is 1.98. The second-order valence-corrected chi connectivity index (χ2v) is 2.33. The molecule has 0 aliphatic heterocycles. The fourth-order valence-corrected chi connectivity index (χ4v) is 0.884. The zero-order valence-electron chi connectivity index (χ0n) is 6.72. The van der Waals surface area contributed by atoms with Crippen LogP contribution in [0.5, 0.6) is 5.75 Å². The summed E-state index contributed by atoms with van der Waals surface area (Å²) in [5.74, 6) is 3.40. The van der Waals surface area contributed by atoms with E-state index in [-0.39, 0.29) is 0 Å². The highest BCUT2D eigenvalue weighted by atomic mass is 16.5. The van der Waals surface area contributed by atoms with Gasteiger partial charge in [-0.25, -0.2) is 0 Å². The topological polar surface area (TPSA) is 9.23 Å². The predicted molar refractivity (Wildman–Crippen MR) is 45.7 cm³/mol. The van der Waals surface area contributed by atoms with Crippen molar-refractivity contribution in [3.05, 3.63) is 29.3 Å². The average molecular weight is 146 g/mol. The third-order valence-electron chi connectivity index (χ3n) is 1.60. The number of rotatable bonds is 1. The highest BCUT2D eigenvalue weighted by molar-refractivity contribution is 5.44. The van der Waals surface area contributed by atoms with Crippen LogP contribution in [0.25, 0.3) is 0 Å². The van der Waals surface area contributed by atoms with Gasteiger partial charge in [-0.15, -0.1) is 6.42 Å². The molecule has 0 aliphatic carbocycles. The lowest BCUT2D eigenvalue weighted by molar-refractivity contribution is 0.414. The zero-order valence-corrected chi connectivity index (χ0v) is 6.72. The molecule has 0 aliphatic rings. The molecule has 0 amide bonds. The molecule has 0 spiro atoms. The first kappa shape index (κ1) is 7.68. The minimum absolute atomic E-state index is 0.809. The average Bonchev–Trinajstić information content (AvgIpc) is 2.05. The standard InChI is InChI=1S/C10H10O/c1-4-9-7-10(11-3)6-5-8(9)2/h1,5-7H,2-3H3. The van der Waals surface area contributed by atoms with Crippen molar-refractivity contribution in [1.82, 2.24) is 0 Å². The summed E-state index contributed by atoms with van der Waals surface area (Å²) in [4.78, 5) is 0. The van der Waals surface area contributed by atoms with E-state index in [1.807, 2.05) is 25.1 Å². The Hall–Kier alpha value is -1.42. The number of ether oxygens (including phenoxy) is 1. The lowest BCUT2D eigenvalue weighted by Gasteiger charge is -2.01. The SMILES string of the molecule is C#Cc1cc(OC)ccc1C. The second kappa shape index (κ2) is 3.12. The summed E-state index contributed by atoms with van der Waals surface area (Å²) in [6.07, 6.45) is 5.27. The van der Waals surface area contributed by atoms with Crippen molar-refractivity contribution in [2.24, 2.45) is 0 Å². The molecule has 0 unspecified atom stereocenters. The van der Waals surface area contributed by atoms with E-state index in [9.17, 15) is 0 Å². The maximum Gasteiger partial charge on any atom is 0.120 e. The van der Waals surface area contributed by atoms with Crippen molar-refractivity contribution >= 4 is 0 Å². The molecule has 0 radical (unpaired) electrons. The van der Waals surface area contributed by atoms with E-state index in [2.05, 4.69) is 5.92 Å². The summed E-state index contributed by atoms with van der Waals surface area (Å²) in [7, 11) is 1.63. The Bertz CT molecular complexity index is 294. The normalized spacial score (nSPS) is 8.82. The summed E-state index contributed by atoms with van der Waals surface area (Å²) in [6.45, 7) is 1.98. The van der Waals surface area contributed by atoms with E-state index in [1.54, 1.807) is 7.11 Å². The van der Waals surface area contributed by atoms with Gasteiger partial charge in [0.1, 0.15) is 5.75 Å². The summed E-state index contributed by atoms with van der Waals surface area (Å²) in [5, 5.41) is 0. The van der Waals surface area contributed by atoms with Crippen LogP contribution in [0.3, 0.4) is 0 Å². The van der Waals surface area contributed by atoms with E-state index >= 15 is 0 Å².